The molecule has 0 spiro atoms. The Morgan fingerprint density at radius 3 is 2.82 bits per heavy atom. The first-order valence-electron chi connectivity index (χ1n) is 5.87. The van der Waals surface area contributed by atoms with Crippen molar-refractivity contribution < 1.29 is 13.7 Å². The van der Waals surface area contributed by atoms with Gasteiger partial charge in [-0.2, -0.15) is 0 Å². The molecule has 0 unspecified atom stereocenters. The molecule has 0 aliphatic rings. The predicted octanol–water partition coefficient (Wildman–Crippen LogP) is 2.41. The van der Waals surface area contributed by atoms with Gasteiger partial charge in [-0.3, -0.25) is 0 Å². The second kappa shape index (κ2) is 7.43. The summed E-state index contributed by atoms with van der Waals surface area (Å²) in [5.74, 6) is -0.269. The third-order valence-corrected chi connectivity index (χ3v) is 2.49. The van der Waals surface area contributed by atoms with Crippen molar-refractivity contribution in [2.75, 3.05) is 6.61 Å². The van der Waals surface area contributed by atoms with E-state index in [0.717, 1.165) is 24.0 Å². The van der Waals surface area contributed by atoms with Gasteiger partial charge in [-0.15, -0.1) is 0 Å². The van der Waals surface area contributed by atoms with Crippen LogP contribution in [0.4, 0.5) is 4.39 Å². The Bertz CT molecular complexity index is 349. The van der Waals surface area contributed by atoms with E-state index in [-0.39, 0.29) is 12.4 Å². The Kier molecular flexibility index (Phi) is 6.18. The standard InChI is InChI=1S/C12H19BFNO2/c1-3-4-7-16-13(15)17-9-11-8-12(14)6-5-10(11)2/h5-6,8H,3-4,7,9,15H2,1-2H3. The van der Waals surface area contributed by atoms with Crippen LogP contribution in [-0.4, -0.2) is 13.9 Å². The highest BCUT2D eigenvalue weighted by Gasteiger charge is 2.12. The first-order valence-corrected chi connectivity index (χ1v) is 5.87. The molecule has 2 N–H and O–H groups in total. The molecule has 0 aliphatic heterocycles. The third-order valence-electron chi connectivity index (χ3n) is 2.49. The quantitative estimate of drug-likeness (QED) is 0.587. The Balaban J connectivity index is 2.36. The van der Waals surface area contributed by atoms with Gasteiger partial charge < -0.3 is 15.0 Å². The van der Waals surface area contributed by atoms with Gasteiger partial charge in [0.2, 0.25) is 0 Å². The van der Waals surface area contributed by atoms with E-state index < -0.39 is 7.25 Å². The van der Waals surface area contributed by atoms with Crippen molar-refractivity contribution in [1.29, 1.82) is 0 Å². The molecule has 94 valence electrons. The number of benzene rings is 1. The molecule has 1 aromatic carbocycles. The maximum absolute atomic E-state index is 13.0. The van der Waals surface area contributed by atoms with Crippen LogP contribution in [0.25, 0.3) is 0 Å². The molecule has 0 fully saturated rings. The summed E-state index contributed by atoms with van der Waals surface area (Å²) in [5.41, 5.74) is 7.38. The zero-order valence-electron chi connectivity index (χ0n) is 10.4. The van der Waals surface area contributed by atoms with Gasteiger partial charge in [-0.25, -0.2) is 4.39 Å². The number of hydrogen-bond donors (Lipinski definition) is 1. The molecule has 17 heavy (non-hydrogen) atoms. The van der Waals surface area contributed by atoms with Crippen molar-refractivity contribution in [3.05, 3.63) is 35.1 Å². The maximum atomic E-state index is 13.0. The Labute approximate surface area is 102 Å². The topological polar surface area (TPSA) is 44.5 Å². The smallest absolute Gasteiger partial charge is 0.397 e. The summed E-state index contributed by atoms with van der Waals surface area (Å²) in [6.07, 6.45) is 2.01. The minimum absolute atomic E-state index is 0.261. The number of unbranched alkanes of at least 4 members (excludes halogenated alkanes) is 1. The molecule has 3 nitrogen and oxygen atoms in total. The number of aryl methyl sites for hydroxylation is 1. The molecular formula is C12H19BFNO2. The normalized spacial score (nSPS) is 10.6. The lowest BCUT2D eigenvalue weighted by molar-refractivity contribution is 0.187. The zero-order chi connectivity index (χ0) is 12.7. The summed E-state index contributed by atoms with van der Waals surface area (Å²) in [6.45, 7) is 4.82. The highest BCUT2D eigenvalue weighted by atomic mass is 19.1. The summed E-state index contributed by atoms with van der Waals surface area (Å²) < 4.78 is 23.5. The fourth-order valence-electron chi connectivity index (χ4n) is 1.36. The first kappa shape index (κ1) is 14.2. The van der Waals surface area contributed by atoms with E-state index in [1.165, 1.54) is 12.1 Å². The second-order valence-electron chi connectivity index (χ2n) is 3.97. The van der Waals surface area contributed by atoms with Crippen LogP contribution in [0.1, 0.15) is 30.9 Å². The van der Waals surface area contributed by atoms with Gasteiger partial charge >= 0.3 is 7.25 Å². The molecule has 0 saturated heterocycles. The van der Waals surface area contributed by atoms with E-state index in [1.54, 1.807) is 6.07 Å². The molecule has 0 amide bonds. The summed E-state index contributed by atoms with van der Waals surface area (Å²) in [5, 5.41) is 0. The molecule has 0 atom stereocenters. The van der Waals surface area contributed by atoms with Crippen molar-refractivity contribution >= 4 is 7.25 Å². The maximum Gasteiger partial charge on any atom is 0.552 e. The molecule has 0 bridgehead atoms. The lowest BCUT2D eigenvalue weighted by Gasteiger charge is -2.11. The van der Waals surface area contributed by atoms with Crippen LogP contribution in [0.3, 0.4) is 0 Å². The number of hydrogen-bond acceptors (Lipinski definition) is 3. The second-order valence-corrected chi connectivity index (χ2v) is 3.97. The molecule has 5 heteroatoms. The molecular weight excluding hydrogens is 220 g/mol. The minimum atomic E-state index is -0.746. The van der Waals surface area contributed by atoms with Crippen LogP contribution in [0.2, 0.25) is 0 Å². The number of rotatable bonds is 7. The fourth-order valence-corrected chi connectivity index (χ4v) is 1.36. The van der Waals surface area contributed by atoms with Crippen molar-refractivity contribution in [1.82, 2.24) is 0 Å². The summed E-state index contributed by atoms with van der Waals surface area (Å²) in [4.78, 5) is 0. The van der Waals surface area contributed by atoms with Crippen molar-refractivity contribution in [3.8, 4) is 0 Å². The van der Waals surface area contributed by atoms with Crippen molar-refractivity contribution in [2.45, 2.75) is 33.3 Å². The average molecular weight is 239 g/mol. The number of nitrogens with two attached hydrogens (primary N) is 1. The molecule has 0 heterocycles. The molecule has 0 aliphatic carbocycles. The molecule has 1 aromatic rings. The summed E-state index contributed by atoms with van der Waals surface area (Å²) in [6, 6.07) is 4.60. The Morgan fingerprint density at radius 2 is 2.12 bits per heavy atom. The SMILES string of the molecule is CCCCOB(N)OCc1cc(F)ccc1C. The van der Waals surface area contributed by atoms with Gasteiger partial charge in [-0.05, 0) is 36.6 Å². The van der Waals surface area contributed by atoms with E-state index in [4.69, 9.17) is 15.0 Å². The van der Waals surface area contributed by atoms with Gasteiger partial charge in [0.05, 0.1) is 6.61 Å². The largest absolute Gasteiger partial charge is 0.552 e. The van der Waals surface area contributed by atoms with Crippen molar-refractivity contribution in [2.24, 2.45) is 5.64 Å². The first-order chi connectivity index (χ1) is 8.13. The van der Waals surface area contributed by atoms with Crippen LogP contribution in [-0.2, 0) is 15.9 Å². The van der Waals surface area contributed by atoms with E-state index in [9.17, 15) is 4.39 Å². The van der Waals surface area contributed by atoms with E-state index in [1.807, 2.05) is 6.92 Å². The number of halogens is 1. The van der Waals surface area contributed by atoms with E-state index in [2.05, 4.69) is 6.92 Å². The lowest BCUT2D eigenvalue weighted by Crippen LogP contribution is -2.34. The Hall–Kier alpha value is -0.905. The molecule has 0 aromatic heterocycles. The minimum Gasteiger partial charge on any atom is -0.397 e. The summed E-state index contributed by atoms with van der Waals surface area (Å²) >= 11 is 0. The van der Waals surface area contributed by atoms with Gasteiger partial charge in [0.1, 0.15) is 5.82 Å². The van der Waals surface area contributed by atoms with Gasteiger partial charge in [0.25, 0.3) is 0 Å². The van der Waals surface area contributed by atoms with Crippen LogP contribution < -0.4 is 5.64 Å². The monoisotopic (exact) mass is 239 g/mol. The van der Waals surface area contributed by atoms with Gasteiger partial charge in [0.15, 0.2) is 0 Å². The molecule has 1 rings (SSSR count). The van der Waals surface area contributed by atoms with Gasteiger partial charge in [0, 0.05) is 6.61 Å². The Morgan fingerprint density at radius 1 is 1.35 bits per heavy atom. The van der Waals surface area contributed by atoms with Crippen LogP contribution in [0.5, 0.6) is 0 Å². The lowest BCUT2D eigenvalue weighted by atomic mass is 10.1. The third kappa shape index (κ3) is 5.30. The molecule has 0 radical (unpaired) electrons. The predicted molar refractivity (Wildman–Crippen MR) is 66.7 cm³/mol. The van der Waals surface area contributed by atoms with E-state index in [0.29, 0.717) is 6.61 Å². The van der Waals surface area contributed by atoms with Crippen LogP contribution >= 0.6 is 0 Å². The van der Waals surface area contributed by atoms with Gasteiger partial charge in [-0.1, -0.05) is 19.4 Å². The van der Waals surface area contributed by atoms with Crippen LogP contribution in [0, 0.1) is 12.7 Å². The highest BCUT2D eigenvalue weighted by molar-refractivity contribution is 6.40. The van der Waals surface area contributed by atoms with Crippen LogP contribution in [0.15, 0.2) is 18.2 Å². The summed E-state index contributed by atoms with van der Waals surface area (Å²) in [7, 11) is -0.746. The van der Waals surface area contributed by atoms with E-state index >= 15 is 0 Å². The fraction of sp³-hybridized carbons (Fsp3) is 0.500. The highest BCUT2D eigenvalue weighted by Crippen LogP contribution is 2.11. The van der Waals surface area contributed by atoms with Crippen molar-refractivity contribution in [3.63, 3.8) is 0 Å². The molecule has 0 saturated carbocycles. The zero-order valence-corrected chi connectivity index (χ0v) is 10.4. The average Bonchev–Trinajstić information content (AvgIpc) is 2.31.